The van der Waals surface area contributed by atoms with Gasteiger partial charge in [0.15, 0.2) is 50.0 Å². The van der Waals surface area contributed by atoms with E-state index in [4.69, 9.17) is 56.8 Å². The van der Waals surface area contributed by atoms with Crippen LogP contribution >= 0.6 is 50.0 Å². The number of hydrogen-bond acceptors (Lipinski definition) is 12. The summed E-state index contributed by atoms with van der Waals surface area (Å²) in [6, 6.07) is 0. The second-order valence-corrected chi connectivity index (χ2v) is 4.28. The molecule has 0 rings (SSSR count). The van der Waals surface area contributed by atoms with Gasteiger partial charge in [-0.2, -0.15) is 0 Å². The smallest absolute Gasteiger partial charge is 0.777 e. The first-order valence-corrected chi connectivity index (χ1v) is 10.8. The molecule has 30 heteroatoms. The molecule has 6 unspecified atom stereocenters. The Kier molecular flexibility index (Phi) is 187. The third-order valence-electron chi connectivity index (χ3n) is 0. The predicted octanol–water partition coefficient (Wildman–Crippen LogP) is -19.7. The van der Waals surface area contributed by atoms with Crippen LogP contribution in [0.3, 0.4) is 0 Å². The first kappa shape index (κ1) is 77.8. The van der Waals surface area contributed by atoms with Gasteiger partial charge in [-0.3, -0.25) is 0 Å². The average molecular weight is 732 g/mol. The minimum absolute atomic E-state index is 0. The van der Waals surface area contributed by atoms with E-state index in [2.05, 4.69) is 0 Å². The van der Waals surface area contributed by atoms with Crippen molar-refractivity contribution in [1.29, 1.82) is 0 Å². The molecule has 12 nitrogen and oxygen atoms in total. The second kappa shape index (κ2) is 72.1. The normalized spacial score (nSPS) is 12.4. The largest absolute Gasteiger partial charge is 1.00 e. The van der Waals surface area contributed by atoms with E-state index < -0.39 is 50.0 Å². The molecule has 0 aliphatic carbocycles. The van der Waals surface area contributed by atoms with Crippen molar-refractivity contribution < 1.29 is 390 Å². The third-order valence-corrected chi connectivity index (χ3v) is 0. The molecule has 6 atom stereocenters. The first-order valence-electron chi connectivity index (χ1n) is 3.58. The van der Waals surface area contributed by atoms with Crippen LogP contribution in [0.1, 0.15) is 0 Å². The van der Waals surface area contributed by atoms with Crippen molar-refractivity contribution in [2.45, 2.75) is 0 Å². The molecule has 0 N–H and O–H groups in total. The van der Waals surface area contributed by atoms with E-state index in [9.17, 15) is 25.2 Å². The second-order valence-electron chi connectivity index (χ2n) is 1.43. The quantitative estimate of drug-likeness (QED) is 0.128. The van der Waals surface area contributed by atoms with Crippen LogP contribution in [-0.2, 0) is 27.4 Å². The molecular weight excluding hydrogens is 726 g/mol. The van der Waals surface area contributed by atoms with Gasteiger partial charge in [0, 0.05) is 0 Å². The maximum absolute atomic E-state index is 9.99. The Hall–Kier alpha value is 10.5. The van der Waals surface area contributed by atoms with Crippen LogP contribution in [0.4, 0.5) is 25.2 Å². The zero-order chi connectivity index (χ0) is 21.5. The third kappa shape index (κ3) is 489. The van der Waals surface area contributed by atoms with Crippen molar-refractivity contribution in [3.8, 4) is 0 Å². The fourth-order valence-corrected chi connectivity index (χ4v) is 0. The molecule has 0 saturated carbocycles. The van der Waals surface area contributed by atoms with Gasteiger partial charge >= 0.3 is 308 Å². The van der Waals surface area contributed by atoms with Crippen LogP contribution < -0.4 is 338 Å². The molecular formula is H6F6K6O12P6. The van der Waals surface area contributed by atoms with Crippen LogP contribution in [0.5, 0.6) is 0 Å². The molecule has 0 aliphatic rings. The fraction of sp³-hybridized carbons (Fsp3) is 0. The van der Waals surface area contributed by atoms with Crippen molar-refractivity contribution in [2.24, 2.45) is 0 Å². The van der Waals surface area contributed by atoms with Crippen molar-refractivity contribution >= 4 is 50.0 Å². The summed E-state index contributed by atoms with van der Waals surface area (Å²) >= 11 is 0. The van der Waals surface area contributed by atoms with Crippen LogP contribution in [0, 0.1) is 0 Å². The number of rotatable bonds is 0. The Bertz CT molecular complexity index is 289. The van der Waals surface area contributed by atoms with E-state index in [0.29, 0.717) is 0 Å². The minimum Gasteiger partial charge on any atom is -0.777 e. The topological polar surface area (TPSA) is 241 Å². The summed E-state index contributed by atoms with van der Waals surface area (Å²) in [6.07, 6.45) is 0. The van der Waals surface area contributed by atoms with Gasteiger partial charge < -0.3 is 56.8 Å². The van der Waals surface area contributed by atoms with Crippen molar-refractivity contribution in [1.82, 2.24) is 0 Å². The van der Waals surface area contributed by atoms with Crippen molar-refractivity contribution in [3.05, 3.63) is 0 Å². The summed E-state index contributed by atoms with van der Waals surface area (Å²) in [4.78, 5) is 50.4. The van der Waals surface area contributed by atoms with E-state index in [1.807, 2.05) is 0 Å². The molecule has 0 saturated heterocycles. The molecule has 0 aromatic carbocycles. The van der Waals surface area contributed by atoms with Gasteiger partial charge in [0.1, 0.15) is 0 Å². The molecule has 0 fully saturated rings. The van der Waals surface area contributed by atoms with Gasteiger partial charge in [0.05, 0.1) is 0 Å². The number of hydrogen-bond donors (Lipinski definition) is 0. The van der Waals surface area contributed by atoms with Crippen LogP contribution in [0.2, 0.25) is 0 Å². The Morgan fingerprint density at radius 3 is 0.300 bits per heavy atom. The number of halogens is 6. The molecule has 30 heavy (non-hydrogen) atoms. The molecule has 0 aliphatic heterocycles. The monoisotopic (exact) mass is 732 g/mol. The molecule has 0 bridgehead atoms. The standard InChI is InChI=1S/6FH2O2P.6K/c6*1-4(2)3;;;;;;/h6*4H,(H,2,3);;;;;;/q;;;;;;6*+1/p-6. The summed E-state index contributed by atoms with van der Waals surface area (Å²) in [5.41, 5.74) is 0. The van der Waals surface area contributed by atoms with E-state index in [0.717, 1.165) is 0 Å². The van der Waals surface area contributed by atoms with Crippen molar-refractivity contribution in [2.75, 3.05) is 0 Å². The minimum atomic E-state index is -3.88. The van der Waals surface area contributed by atoms with Crippen molar-refractivity contribution in [3.63, 3.8) is 0 Å². The van der Waals surface area contributed by atoms with E-state index in [1.165, 1.54) is 0 Å². The SMILES string of the molecule is O=[PH]([O-])F.O=[PH]([O-])F.O=[PH]([O-])F.O=[PH]([O-])F.O=[PH]([O-])F.O=[PH]([O-])F.[K+].[K+].[K+].[K+].[K+].[K+]. The van der Waals surface area contributed by atoms with E-state index in [-0.39, 0.29) is 308 Å². The van der Waals surface area contributed by atoms with Crippen LogP contribution in [0.25, 0.3) is 0 Å². The van der Waals surface area contributed by atoms with E-state index >= 15 is 0 Å². The summed E-state index contributed by atoms with van der Waals surface area (Å²) in [6.45, 7) is 0. The molecule has 0 heterocycles. The molecule has 0 radical (unpaired) electrons. The van der Waals surface area contributed by atoms with Gasteiger partial charge in [-0.15, -0.1) is 0 Å². The maximum Gasteiger partial charge on any atom is 1.00 e. The van der Waals surface area contributed by atoms with Gasteiger partial charge in [-0.05, 0) is 0 Å². The predicted molar refractivity (Wildman–Crippen MR) is 60.7 cm³/mol. The molecule has 156 valence electrons. The average Bonchev–Trinajstić information content (AvgIpc) is 2.08. The zero-order valence-corrected chi connectivity index (χ0v) is 40.9. The summed E-state index contributed by atoms with van der Waals surface area (Å²) in [5.74, 6) is 0. The van der Waals surface area contributed by atoms with Gasteiger partial charge in [-0.1, -0.05) is 0 Å². The Morgan fingerprint density at radius 1 is 0.300 bits per heavy atom. The molecule has 0 aromatic rings. The van der Waals surface area contributed by atoms with Gasteiger partial charge in [-0.25, -0.2) is 25.2 Å². The van der Waals surface area contributed by atoms with Crippen LogP contribution in [-0.4, -0.2) is 0 Å². The zero-order valence-electron chi connectivity index (χ0n) is 16.2. The maximum atomic E-state index is 9.99. The Balaban J connectivity index is -0.0000000125. The Labute approximate surface area is 426 Å². The summed E-state index contributed by atoms with van der Waals surface area (Å²) in [5, 5.41) is 0. The van der Waals surface area contributed by atoms with Crippen LogP contribution in [0.15, 0.2) is 0 Å². The summed E-state index contributed by atoms with van der Waals surface area (Å²) < 4.78 is 110. The van der Waals surface area contributed by atoms with Gasteiger partial charge in [0.25, 0.3) is 0 Å². The fourth-order valence-electron chi connectivity index (χ4n) is 0. The molecule has 0 aromatic heterocycles. The summed E-state index contributed by atoms with van der Waals surface area (Å²) in [7, 11) is -23.3. The molecule has 0 amide bonds. The van der Waals surface area contributed by atoms with Gasteiger partial charge in [0.2, 0.25) is 0 Å². The molecule has 0 spiro atoms. The first-order chi connectivity index (χ1) is 10.4. The Morgan fingerprint density at radius 2 is 0.300 bits per heavy atom. The van der Waals surface area contributed by atoms with E-state index in [1.54, 1.807) is 0 Å².